The van der Waals surface area contributed by atoms with Gasteiger partial charge in [-0.15, -0.1) is 0 Å². The highest BCUT2D eigenvalue weighted by Crippen LogP contribution is 2.38. The van der Waals surface area contributed by atoms with E-state index in [1.807, 2.05) is 6.07 Å². The fourth-order valence-electron chi connectivity index (χ4n) is 4.44. The molecule has 0 unspecified atom stereocenters. The number of para-hydroxylation sites is 1. The zero-order chi connectivity index (χ0) is 24.0. The lowest BCUT2D eigenvalue weighted by Crippen LogP contribution is -2.39. The van der Waals surface area contributed by atoms with Crippen LogP contribution in [0.3, 0.4) is 0 Å². The van der Waals surface area contributed by atoms with Gasteiger partial charge in [0.05, 0.1) is 19.1 Å². The van der Waals surface area contributed by atoms with Crippen LogP contribution >= 0.6 is 0 Å². The lowest BCUT2D eigenvalue weighted by molar-refractivity contribution is -0.122. The van der Waals surface area contributed by atoms with E-state index in [-0.39, 0.29) is 35.1 Å². The number of carbonyl (C=O) groups is 2. The van der Waals surface area contributed by atoms with E-state index in [4.69, 9.17) is 4.74 Å². The fourth-order valence-corrected chi connectivity index (χ4v) is 4.44. The first-order valence-corrected chi connectivity index (χ1v) is 11.8. The van der Waals surface area contributed by atoms with E-state index in [2.05, 4.69) is 49.2 Å². The zero-order valence-electron chi connectivity index (χ0n) is 20.2. The minimum atomic E-state index is -1.04. The molecule has 6 nitrogen and oxygen atoms in total. The summed E-state index contributed by atoms with van der Waals surface area (Å²) in [5, 5.41) is 12.6. The van der Waals surface area contributed by atoms with Crippen LogP contribution in [0.1, 0.15) is 74.5 Å². The molecule has 6 heteroatoms. The van der Waals surface area contributed by atoms with E-state index in [0.29, 0.717) is 6.61 Å². The van der Waals surface area contributed by atoms with Crippen molar-refractivity contribution < 1.29 is 19.4 Å². The van der Waals surface area contributed by atoms with Crippen LogP contribution in [0.15, 0.2) is 42.5 Å². The molecule has 1 heterocycles. The van der Waals surface area contributed by atoms with Crippen molar-refractivity contribution in [1.29, 1.82) is 0 Å². The topological polar surface area (TPSA) is 78.9 Å². The zero-order valence-corrected chi connectivity index (χ0v) is 20.2. The fraction of sp³-hybridized carbons (Fsp3) is 0.481. The average molecular weight is 453 g/mol. The van der Waals surface area contributed by atoms with Gasteiger partial charge >= 0.3 is 5.97 Å². The minimum absolute atomic E-state index is 0.101. The maximum atomic E-state index is 13.1. The molecular weight excluding hydrogens is 416 g/mol. The molecule has 3 rings (SSSR count). The maximum Gasteiger partial charge on any atom is 0.339 e. The van der Waals surface area contributed by atoms with Crippen molar-refractivity contribution >= 4 is 17.6 Å². The molecule has 1 amide bonds. The Labute approximate surface area is 196 Å². The SMILES string of the molecule is CCOc1cc(CC(=O)N[C@H](c2ccccc2N2CCCCC2)C(C)(C)C)ccc1C(=O)O. The van der Waals surface area contributed by atoms with Crippen LogP contribution in [0.4, 0.5) is 5.69 Å². The van der Waals surface area contributed by atoms with Gasteiger partial charge in [-0.1, -0.05) is 45.0 Å². The van der Waals surface area contributed by atoms with Gasteiger partial charge in [0.25, 0.3) is 0 Å². The smallest absolute Gasteiger partial charge is 0.339 e. The lowest BCUT2D eigenvalue weighted by Gasteiger charge is -2.37. The van der Waals surface area contributed by atoms with Crippen molar-refractivity contribution in [3.63, 3.8) is 0 Å². The van der Waals surface area contributed by atoms with Crippen LogP contribution in [0.5, 0.6) is 5.75 Å². The Bertz CT molecular complexity index is 974. The first kappa shape index (κ1) is 24.6. The molecule has 0 saturated carbocycles. The van der Waals surface area contributed by atoms with Crippen molar-refractivity contribution in [2.75, 3.05) is 24.6 Å². The highest BCUT2D eigenvalue weighted by Gasteiger charge is 2.31. The Balaban J connectivity index is 1.83. The molecule has 0 radical (unpaired) electrons. The van der Waals surface area contributed by atoms with Crippen LogP contribution in [-0.4, -0.2) is 36.7 Å². The number of benzene rings is 2. The highest BCUT2D eigenvalue weighted by atomic mass is 16.5. The molecule has 1 aliphatic rings. The highest BCUT2D eigenvalue weighted by molar-refractivity contribution is 5.91. The third-order valence-corrected chi connectivity index (χ3v) is 6.06. The molecular formula is C27H36N2O4. The summed E-state index contributed by atoms with van der Waals surface area (Å²) in [6.07, 6.45) is 3.80. The predicted octanol–water partition coefficient (Wildman–Crippen LogP) is 5.22. The van der Waals surface area contributed by atoms with Crippen molar-refractivity contribution in [3.8, 4) is 5.75 Å². The van der Waals surface area contributed by atoms with E-state index < -0.39 is 5.97 Å². The molecule has 1 fully saturated rings. The van der Waals surface area contributed by atoms with Crippen molar-refractivity contribution in [3.05, 3.63) is 59.2 Å². The van der Waals surface area contributed by atoms with Gasteiger partial charge in [-0.05, 0) is 60.9 Å². The molecule has 0 spiro atoms. The normalized spacial score (nSPS) is 15.1. The van der Waals surface area contributed by atoms with E-state index in [1.165, 1.54) is 31.0 Å². The Morgan fingerprint density at radius 1 is 1.09 bits per heavy atom. The van der Waals surface area contributed by atoms with E-state index in [9.17, 15) is 14.7 Å². The summed E-state index contributed by atoms with van der Waals surface area (Å²) in [5.41, 5.74) is 2.96. The van der Waals surface area contributed by atoms with Crippen LogP contribution in [0, 0.1) is 5.41 Å². The Morgan fingerprint density at radius 2 is 1.79 bits per heavy atom. The van der Waals surface area contributed by atoms with Gasteiger partial charge < -0.3 is 20.1 Å². The van der Waals surface area contributed by atoms with Crippen LogP contribution in [0.25, 0.3) is 0 Å². The number of rotatable bonds is 8. The van der Waals surface area contributed by atoms with Crippen molar-refractivity contribution in [2.24, 2.45) is 5.41 Å². The van der Waals surface area contributed by atoms with Gasteiger partial charge in [0.2, 0.25) is 5.91 Å². The van der Waals surface area contributed by atoms with E-state index in [1.54, 1.807) is 19.1 Å². The van der Waals surface area contributed by atoms with Gasteiger partial charge in [0.15, 0.2) is 0 Å². The molecule has 0 aliphatic carbocycles. The summed E-state index contributed by atoms with van der Waals surface area (Å²) in [6.45, 7) is 10.7. The summed E-state index contributed by atoms with van der Waals surface area (Å²) in [6, 6.07) is 13.1. The summed E-state index contributed by atoms with van der Waals surface area (Å²) in [7, 11) is 0. The molecule has 0 aromatic heterocycles. The number of amides is 1. The number of anilines is 1. The van der Waals surface area contributed by atoms with E-state index >= 15 is 0 Å². The van der Waals surface area contributed by atoms with Crippen LogP contribution in [-0.2, 0) is 11.2 Å². The van der Waals surface area contributed by atoms with Gasteiger partial charge in [0.1, 0.15) is 11.3 Å². The summed E-state index contributed by atoms with van der Waals surface area (Å²) < 4.78 is 5.49. The summed E-state index contributed by atoms with van der Waals surface area (Å²) in [5.74, 6) is -0.858. The largest absolute Gasteiger partial charge is 0.493 e. The Kier molecular flexibility index (Phi) is 8.01. The van der Waals surface area contributed by atoms with Crippen molar-refractivity contribution in [2.45, 2.75) is 59.4 Å². The Hall–Kier alpha value is -3.02. The molecule has 0 bridgehead atoms. The van der Waals surface area contributed by atoms with Gasteiger partial charge in [-0.2, -0.15) is 0 Å². The van der Waals surface area contributed by atoms with Gasteiger partial charge in [0, 0.05) is 18.8 Å². The number of carbonyl (C=O) groups excluding carboxylic acids is 1. The number of nitrogens with zero attached hydrogens (tertiary/aromatic N) is 1. The molecule has 1 atom stereocenters. The predicted molar refractivity (Wildman–Crippen MR) is 131 cm³/mol. The lowest BCUT2D eigenvalue weighted by atomic mass is 9.81. The second-order valence-corrected chi connectivity index (χ2v) is 9.72. The van der Waals surface area contributed by atoms with Gasteiger partial charge in [-0.25, -0.2) is 4.79 Å². The summed E-state index contributed by atoms with van der Waals surface area (Å²) >= 11 is 0. The minimum Gasteiger partial charge on any atom is -0.493 e. The third kappa shape index (κ3) is 6.28. The number of carboxylic acid groups (broad SMARTS) is 1. The molecule has 178 valence electrons. The molecule has 1 saturated heterocycles. The first-order valence-electron chi connectivity index (χ1n) is 11.8. The molecule has 2 aromatic rings. The molecule has 33 heavy (non-hydrogen) atoms. The number of nitrogens with one attached hydrogen (secondary N) is 1. The number of hydrogen-bond acceptors (Lipinski definition) is 4. The van der Waals surface area contributed by atoms with Crippen LogP contribution < -0.4 is 15.0 Å². The number of ether oxygens (including phenoxy) is 1. The number of hydrogen-bond donors (Lipinski definition) is 2. The molecule has 1 aliphatic heterocycles. The van der Waals surface area contributed by atoms with Gasteiger partial charge in [-0.3, -0.25) is 4.79 Å². The van der Waals surface area contributed by atoms with E-state index in [0.717, 1.165) is 24.2 Å². The average Bonchev–Trinajstić information content (AvgIpc) is 2.77. The second-order valence-electron chi connectivity index (χ2n) is 9.72. The number of aromatic carboxylic acids is 1. The molecule has 2 N–H and O–H groups in total. The Morgan fingerprint density at radius 3 is 2.42 bits per heavy atom. The standard InChI is InChI=1S/C27H36N2O4/c1-5-33-23-17-19(13-14-21(23)26(31)32)18-24(30)28-25(27(2,3)4)20-11-7-8-12-22(20)29-15-9-6-10-16-29/h7-8,11-14,17,25H,5-6,9-10,15-16,18H2,1-4H3,(H,28,30)(H,31,32)/t25-/m1/s1. The molecule has 2 aromatic carbocycles. The van der Waals surface area contributed by atoms with Crippen molar-refractivity contribution in [1.82, 2.24) is 5.32 Å². The quantitative estimate of drug-likeness (QED) is 0.574. The van der Waals surface area contributed by atoms with Crippen LogP contribution in [0.2, 0.25) is 0 Å². The second kappa shape index (κ2) is 10.7. The first-order chi connectivity index (χ1) is 15.7. The number of carboxylic acids is 1. The number of piperidine rings is 1. The third-order valence-electron chi connectivity index (χ3n) is 6.06. The summed E-state index contributed by atoms with van der Waals surface area (Å²) in [4.78, 5) is 27.0. The monoisotopic (exact) mass is 452 g/mol. The maximum absolute atomic E-state index is 13.1.